The average Bonchev–Trinajstić information content (AvgIpc) is 2.64. The van der Waals surface area contributed by atoms with E-state index in [1.165, 1.54) is 0 Å². The molecule has 2 rings (SSSR count). The molecule has 0 spiro atoms. The molecular weight excluding hydrogens is 272 g/mol. The number of nitrogens with zero attached hydrogens (tertiary/aromatic N) is 2. The molecule has 0 aliphatic carbocycles. The van der Waals surface area contributed by atoms with Gasteiger partial charge in [0.1, 0.15) is 0 Å². The lowest BCUT2D eigenvalue weighted by molar-refractivity contribution is -0.117. The van der Waals surface area contributed by atoms with Crippen molar-refractivity contribution >= 4 is 33.2 Å². The minimum atomic E-state index is 0.0575. The summed E-state index contributed by atoms with van der Waals surface area (Å²) in [6.07, 6.45) is 3.71. The highest BCUT2D eigenvalue weighted by Gasteiger charge is 2.31. The minimum Gasteiger partial charge on any atom is -0.396 e. The van der Waals surface area contributed by atoms with Gasteiger partial charge in [0.05, 0.1) is 22.0 Å². The second-order valence-corrected chi connectivity index (χ2v) is 4.72. The van der Waals surface area contributed by atoms with Crippen LogP contribution in [-0.4, -0.2) is 24.0 Å². The highest BCUT2D eigenvalue weighted by molar-refractivity contribution is 9.10. The van der Waals surface area contributed by atoms with E-state index in [0.717, 1.165) is 0 Å². The number of carbonyl (C=O) groups excluding carboxylic acids is 1. The second-order valence-electron chi connectivity index (χ2n) is 3.86. The van der Waals surface area contributed by atoms with Crippen molar-refractivity contribution in [3.63, 3.8) is 0 Å². The number of hydrogen-bond donors (Lipinski definition) is 2. The van der Waals surface area contributed by atoms with Gasteiger partial charge in [0.15, 0.2) is 0 Å². The molecule has 0 saturated carbocycles. The van der Waals surface area contributed by atoms with E-state index in [2.05, 4.69) is 20.9 Å². The van der Waals surface area contributed by atoms with Crippen molar-refractivity contribution in [2.45, 2.75) is 6.42 Å². The molecule has 16 heavy (non-hydrogen) atoms. The Labute approximate surface area is 102 Å². The van der Waals surface area contributed by atoms with Gasteiger partial charge in [-0.25, -0.2) is 0 Å². The molecule has 1 fully saturated rings. The fourth-order valence-electron chi connectivity index (χ4n) is 1.82. The van der Waals surface area contributed by atoms with E-state index in [1.54, 1.807) is 17.3 Å². The van der Waals surface area contributed by atoms with Gasteiger partial charge in [-0.2, -0.15) is 0 Å². The van der Waals surface area contributed by atoms with Gasteiger partial charge in [-0.3, -0.25) is 9.78 Å². The van der Waals surface area contributed by atoms with Gasteiger partial charge in [-0.05, 0) is 28.4 Å². The van der Waals surface area contributed by atoms with Crippen LogP contribution in [0, 0.1) is 5.92 Å². The summed E-state index contributed by atoms with van der Waals surface area (Å²) >= 11 is 3.30. The van der Waals surface area contributed by atoms with E-state index >= 15 is 0 Å². The first kappa shape index (κ1) is 11.3. The van der Waals surface area contributed by atoms with Gasteiger partial charge in [-0.15, -0.1) is 0 Å². The third kappa shape index (κ3) is 1.90. The van der Waals surface area contributed by atoms with Crippen LogP contribution in [0.15, 0.2) is 16.9 Å². The molecule has 1 aromatic heterocycles. The average molecular weight is 285 g/mol. The number of nitrogens with two attached hydrogens (primary N) is 2. The first-order valence-electron chi connectivity index (χ1n) is 5.03. The lowest BCUT2D eigenvalue weighted by Gasteiger charge is -2.18. The van der Waals surface area contributed by atoms with Crippen molar-refractivity contribution in [1.29, 1.82) is 0 Å². The number of nitrogen functional groups attached to an aromatic ring is 1. The SMILES string of the molecule is NCC1CC(=O)N(c2cncc(Br)c2N)C1. The number of aromatic nitrogens is 1. The van der Waals surface area contributed by atoms with Crippen molar-refractivity contribution < 1.29 is 4.79 Å². The summed E-state index contributed by atoms with van der Waals surface area (Å²) in [6, 6.07) is 0. The predicted molar refractivity (Wildman–Crippen MR) is 65.9 cm³/mol. The van der Waals surface area contributed by atoms with Crippen molar-refractivity contribution in [2.24, 2.45) is 11.7 Å². The Morgan fingerprint density at radius 1 is 1.56 bits per heavy atom. The fraction of sp³-hybridized carbons (Fsp3) is 0.400. The maximum absolute atomic E-state index is 11.8. The molecule has 5 nitrogen and oxygen atoms in total. The summed E-state index contributed by atoms with van der Waals surface area (Å²) in [5.74, 6) is 0.271. The molecule has 2 heterocycles. The van der Waals surface area contributed by atoms with Crippen LogP contribution < -0.4 is 16.4 Å². The molecule has 1 aliphatic rings. The third-order valence-corrected chi connectivity index (χ3v) is 3.38. The zero-order valence-corrected chi connectivity index (χ0v) is 10.3. The van der Waals surface area contributed by atoms with Crippen LogP contribution in [0.2, 0.25) is 0 Å². The molecule has 1 aromatic rings. The number of rotatable bonds is 2. The van der Waals surface area contributed by atoms with Crippen LogP contribution >= 0.6 is 15.9 Å². The molecule has 1 saturated heterocycles. The zero-order chi connectivity index (χ0) is 11.7. The van der Waals surface area contributed by atoms with Crippen molar-refractivity contribution in [1.82, 2.24) is 4.98 Å². The van der Waals surface area contributed by atoms with E-state index in [-0.39, 0.29) is 11.8 Å². The summed E-state index contributed by atoms with van der Waals surface area (Å²) in [6.45, 7) is 1.14. The molecule has 4 N–H and O–H groups in total. The number of hydrogen-bond acceptors (Lipinski definition) is 4. The van der Waals surface area contributed by atoms with Gasteiger partial charge in [0.25, 0.3) is 0 Å². The van der Waals surface area contributed by atoms with E-state index in [0.29, 0.717) is 35.4 Å². The smallest absolute Gasteiger partial charge is 0.227 e. The Kier molecular flexibility index (Phi) is 3.11. The summed E-state index contributed by atoms with van der Waals surface area (Å²) in [5.41, 5.74) is 12.7. The second kappa shape index (κ2) is 4.39. The standard InChI is InChI=1S/C10H13BrN4O/c11-7-3-14-4-8(10(7)13)15-5-6(2-12)1-9(15)16/h3-4,6H,1-2,5,12H2,(H2,13,14). The van der Waals surface area contributed by atoms with Crippen LogP contribution in [-0.2, 0) is 4.79 Å². The number of amides is 1. The minimum absolute atomic E-state index is 0.0575. The highest BCUT2D eigenvalue weighted by Crippen LogP contribution is 2.32. The van der Waals surface area contributed by atoms with E-state index < -0.39 is 0 Å². The van der Waals surface area contributed by atoms with Gasteiger partial charge >= 0.3 is 0 Å². The van der Waals surface area contributed by atoms with E-state index in [4.69, 9.17) is 11.5 Å². The topological polar surface area (TPSA) is 85.2 Å². The Balaban J connectivity index is 2.31. The van der Waals surface area contributed by atoms with Crippen LogP contribution in [0.5, 0.6) is 0 Å². The van der Waals surface area contributed by atoms with E-state index in [9.17, 15) is 4.79 Å². The number of pyridine rings is 1. The summed E-state index contributed by atoms with van der Waals surface area (Å²) < 4.78 is 0.703. The molecule has 0 radical (unpaired) electrons. The first-order chi connectivity index (χ1) is 7.63. The lowest BCUT2D eigenvalue weighted by atomic mass is 10.1. The van der Waals surface area contributed by atoms with Crippen molar-refractivity contribution in [2.75, 3.05) is 23.7 Å². The molecule has 1 aliphatic heterocycles. The Bertz CT molecular complexity index is 423. The zero-order valence-electron chi connectivity index (χ0n) is 8.69. The highest BCUT2D eigenvalue weighted by atomic mass is 79.9. The maximum Gasteiger partial charge on any atom is 0.227 e. The van der Waals surface area contributed by atoms with Crippen molar-refractivity contribution in [3.8, 4) is 0 Å². The molecule has 1 amide bonds. The molecule has 6 heteroatoms. The Morgan fingerprint density at radius 3 is 2.94 bits per heavy atom. The molecule has 0 bridgehead atoms. The van der Waals surface area contributed by atoms with Crippen LogP contribution in [0.3, 0.4) is 0 Å². The number of carbonyl (C=O) groups is 1. The number of anilines is 2. The van der Waals surface area contributed by atoms with Crippen LogP contribution in [0.25, 0.3) is 0 Å². The molecule has 0 aromatic carbocycles. The molecule has 86 valence electrons. The van der Waals surface area contributed by atoms with Gasteiger partial charge < -0.3 is 16.4 Å². The molecule has 1 unspecified atom stereocenters. The summed E-state index contributed by atoms with van der Waals surface area (Å²) in [4.78, 5) is 17.5. The monoisotopic (exact) mass is 284 g/mol. The van der Waals surface area contributed by atoms with Crippen LogP contribution in [0.1, 0.15) is 6.42 Å². The normalized spacial score (nSPS) is 20.5. The number of halogens is 1. The molecule has 1 atom stereocenters. The fourth-order valence-corrected chi connectivity index (χ4v) is 2.14. The Hall–Kier alpha value is -1.14. The summed E-state index contributed by atoms with van der Waals surface area (Å²) in [7, 11) is 0. The summed E-state index contributed by atoms with van der Waals surface area (Å²) in [5, 5.41) is 0. The quantitative estimate of drug-likeness (QED) is 0.839. The van der Waals surface area contributed by atoms with Crippen LogP contribution in [0.4, 0.5) is 11.4 Å². The third-order valence-electron chi connectivity index (χ3n) is 2.75. The lowest BCUT2D eigenvalue weighted by Crippen LogP contribution is -2.26. The first-order valence-corrected chi connectivity index (χ1v) is 5.82. The van der Waals surface area contributed by atoms with E-state index in [1.807, 2.05) is 0 Å². The predicted octanol–water partition coefficient (Wildman–Crippen LogP) is 0.738. The van der Waals surface area contributed by atoms with Gasteiger partial charge in [0.2, 0.25) is 5.91 Å². The molecular formula is C10H13BrN4O. The van der Waals surface area contributed by atoms with Gasteiger partial charge in [0, 0.05) is 19.2 Å². The largest absolute Gasteiger partial charge is 0.396 e. The van der Waals surface area contributed by atoms with Crippen molar-refractivity contribution in [3.05, 3.63) is 16.9 Å². The Morgan fingerprint density at radius 2 is 2.31 bits per heavy atom. The van der Waals surface area contributed by atoms with Gasteiger partial charge in [-0.1, -0.05) is 0 Å². The maximum atomic E-state index is 11.8.